The fourth-order valence-corrected chi connectivity index (χ4v) is 3.81. The van der Waals surface area contributed by atoms with Crippen LogP contribution in [0.4, 0.5) is 11.6 Å². The summed E-state index contributed by atoms with van der Waals surface area (Å²) >= 11 is 0. The molecule has 0 saturated carbocycles. The summed E-state index contributed by atoms with van der Waals surface area (Å²) in [5, 5.41) is 18.8. The molecule has 168 valence electrons. The molecule has 0 spiro atoms. The molecule has 1 aliphatic heterocycles. The summed E-state index contributed by atoms with van der Waals surface area (Å²) in [6.45, 7) is 1.59. The number of hydrogen-bond donors (Lipinski definition) is 2. The Balaban J connectivity index is 1.36. The Morgan fingerprint density at radius 3 is 2.38 bits per heavy atom. The van der Waals surface area contributed by atoms with Gasteiger partial charge in [-0.25, -0.2) is 5.43 Å². The number of H-pyrrole nitrogens is 1. The lowest BCUT2D eigenvalue weighted by molar-refractivity contribution is 0.709. The summed E-state index contributed by atoms with van der Waals surface area (Å²) < 4.78 is 0. The van der Waals surface area contributed by atoms with Crippen LogP contribution in [0.3, 0.4) is 0 Å². The molecule has 0 amide bonds. The van der Waals surface area contributed by atoms with Gasteiger partial charge in [-0.3, -0.25) is 14.8 Å². The molecular weight excluding hydrogens is 426 g/mol. The first-order chi connectivity index (χ1) is 16.7. The maximum atomic E-state index is 11.6. The number of rotatable bonds is 6. The standard InChI is InChI=1S/C26H23N7O/c1-18-25(34)28-26(31-29-18)30-27-17-19-12-14-22(15-13-19)33-24(21-10-6-3-7-11-21)16-23(32-33)20-8-4-2-5-9-20/h2-15,17,24H,16H2,1H3,(H2,28,30,31,34)/b27-17+. The van der Waals surface area contributed by atoms with E-state index in [1.54, 1.807) is 13.1 Å². The number of nitrogens with one attached hydrogen (secondary N) is 2. The van der Waals surface area contributed by atoms with E-state index in [1.165, 1.54) is 5.56 Å². The van der Waals surface area contributed by atoms with Gasteiger partial charge in [0.25, 0.3) is 5.56 Å². The van der Waals surface area contributed by atoms with Gasteiger partial charge < -0.3 is 0 Å². The molecule has 2 heterocycles. The summed E-state index contributed by atoms with van der Waals surface area (Å²) in [6.07, 6.45) is 2.48. The third kappa shape index (κ3) is 4.61. The second-order valence-electron chi connectivity index (χ2n) is 7.94. The number of aromatic amines is 1. The maximum absolute atomic E-state index is 11.6. The first kappa shape index (κ1) is 21.3. The molecule has 2 N–H and O–H groups in total. The molecule has 0 fully saturated rings. The monoisotopic (exact) mass is 449 g/mol. The number of aryl methyl sites for hydroxylation is 1. The van der Waals surface area contributed by atoms with Crippen molar-refractivity contribution in [1.82, 2.24) is 15.2 Å². The fourth-order valence-electron chi connectivity index (χ4n) is 3.81. The second-order valence-corrected chi connectivity index (χ2v) is 7.94. The molecule has 3 aromatic carbocycles. The molecule has 4 aromatic rings. The molecule has 0 radical (unpaired) electrons. The second kappa shape index (κ2) is 9.50. The fraction of sp³-hybridized carbons (Fsp3) is 0.115. The first-order valence-corrected chi connectivity index (χ1v) is 11.0. The van der Waals surface area contributed by atoms with Crippen molar-refractivity contribution in [3.05, 3.63) is 118 Å². The maximum Gasteiger partial charge on any atom is 0.274 e. The van der Waals surface area contributed by atoms with E-state index in [9.17, 15) is 4.79 Å². The van der Waals surface area contributed by atoms with Crippen molar-refractivity contribution in [1.29, 1.82) is 0 Å². The van der Waals surface area contributed by atoms with Crippen LogP contribution in [-0.2, 0) is 0 Å². The van der Waals surface area contributed by atoms with Crippen molar-refractivity contribution in [3.8, 4) is 0 Å². The number of hydrogen-bond acceptors (Lipinski definition) is 7. The van der Waals surface area contributed by atoms with Gasteiger partial charge in [-0.05, 0) is 35.7 Å². The van der Waals surface area contributed by atoms with E-state index in [0.717, 1.165) is 28.9 Å². The molecule has 0 saturated heterocycles. The van der Waals surface area contributed by atoms with Gasteiger partial charge in [-0.15, -0.1) is 10.2 Å². The van der Waals surface area contributed by atoms with Crippen molar-refractivity contribution >= 4 is 23.6 Å². The highest BCUT2D eigenvalue weighted by molar-refractivity contribution is 6.03. The smallest absolute Gasteiger partial charge is 0.274 e. The number of benzene rings is 3. The summed E-state index contributed by atoms with van der Waals surface area (Å²) in [5.41, 5.74) is 8.01. The SMILES string of the molecule is Cc1nnc(N/N=C/c2ccc(N3N=C(c4ccccc4)CC3c3ccccc3)cc2)[nH]c1=O. The van der Waals surface area contributed by atoms with Gasteiger partial charge in [-0.2, -0.15) is 10.2 Å². The van der Waals surface area contributed by atoms with Crippen molar-refractivity contribution in [3.63, 3.8) is 0 Å². The minimum absolute atomic E-state index is 0.120. The molecule has 5 rings (SSSR count). The largest absolute Gasteiger partial charge is 0.288 e. The van der Waals surface area contributed by atoms with E-state index in [1.807, 2.05) is 48.5 Å². The predicted molar refractivity (Wildman–Crippen MR) is 134 cm³/mol. The molecule has 8 heteroatoms. The average Bonchev–Trinajstić information content (AvgIpc) is 3.33. The zero-order chi connectivity index (χ0) is 23.3. The van der Waals surface area contributed by atoms with Gasteiger partial charge in [0.15, 0.2) is 0 Å². The Morgan fingerprint density at radius 2 is 1.68 bits per heavy atom. The van der Waals surface area contributed by atoms with Gasteiger partial charge >= 0.3 is 0 Å². The van der Waals surface area contributed by atoms with Crippen molar-refractivity contribution in [2.75, 3.05) is 10.4 Å². The average molecular weight is 450 g/mol. The van der Waals surface area contributed by atoms with Crippen molar-refractivity contribution < 1.29 is 0 Å². The Morgan fingerprint density at radius 1 is 0.971 bits per heavy atom. The summed E-state index contributed by atoms with van der Waals surface area (Å²) in [4.78, 5) is 14.2. The highest BCUT2D eigenvalue weighted by Crippen LogP contribution is 2.36. The molecule has 1 unspecified atom stereocenters. The van der Waals surface area contributed by atoms with Crippen molar-refractivity contribution in [2.45, 2.75) is 19.4 Å². The van der Waals surface area contributed by atoms with Gasteiger partial charge in [-0.1, -0.05) is 72.8 Å². The van der Waals surface area contributed by atoms with Crippen LogP contribution in [-0.4, -0.2) is 27.1 Å². The van der Waals surface area contributed by atoms with Gasteiger partial charge in [0.05, 0.1) is 23.7 Å². The van der Waals surface area contributed by atoms with Gasteiger partial charge in [0.2, 0.25) is 5.95 Å². The van der Waals surface area contributed by atoms with Crippen LogP contribution in [0.5, 0.6) is 0 Å². The minimum atomic E-state index is -0.300. The lowest BCUT2D eigenvalue weighted by Crippen LogP contribution is -2.18. The molecule has 0 aliphatic carbocycles. The highest BCUT2D eigenvalue weighted by Gasteiger charge is 2.29. The highest BCUT2D eigenvalue weighted by atomic mass is 16.1. The lowest BCUT2D eigenvalue weighted by Gasteiger charge is -2.24. The van der Waals surface area contributed by atoms with Crippen LogP contribution in [0, 0.1) is 6.92 Å². The van der Waals surface area contributed by atoms with Crippen LogP contribution in [0.1, 0.15) is 34.8 Å². The number of nitrogens with zero attached hydrogens (tertiary/aromatic N) is 5. The summed E-state index contributed by atoms with van der Waals surface area (Å²) in [5.74, 6) is 0.189. The molecule has 8 nitrogen and oxygen atoms in total. The van der Waals surface area contributed by atoms with Crippen LogP contribution < -0.4 is 16.0 Å². The van der Waals surface area contributed by atoms with E-state index in [0.29, 0.717) is 5.69 Å². The normalized spacial score (nSPS) is 15.5. The van der Waals surface area contributed by atoms with Crippen molar-refractivity contribution in [2.24, 2.45) is 10.2 Å². The zero-order valence-electron chi connectivity index (χ0n) is 18.6. The Kier molecular flexibility index (Phi) is 5.94. The van der Waals surface area contributed by atoms with E-state index < -0.39 is 0 Å². The van der Waals surface area contributed by atoms with E-state index in [2.05, 4.69) is 67.1 Å². The van der Waals surface area contributed by atoms with E-state index in [4.69, 9.17) is 5.10 Å². The van der Waals surface area contributed by atoms with Gasteiger partial charge in [0, 0.05) is 6.42 Å². The third-order valence-electron chi connectivity index (χ3n) is 5.60. The molecule has 1 atom stereocenters. The van der Waals surface area contributed by atoms with Crippen LogP contribution in [0.25, 0.3) is 0 Å². The topological polar surface area (TPSA) is 98.6 Å². The lowest BCUT2D eigenvalue weighted by atomic mass is 9.98. The quantitative estimate of drug-likeness (QED) is 0.338. The summed E-state index contributed by atoms with van der Waals surface area (Å²) in [6, 6.07) is 28.9. The number of aromatic nitrogens is 3. The van der Waals surface area contributed by atoms with Gasteiger partial charge in [0.1, 0.15) is 5.69 Å². The Bertz CT molecular complexity index is 1380. The third-order valence-corrected chi connectivity index (χ3v) is 5.60. The Hall–Kier alpha value is -4.59. The Labute approximate surface area is 196 Å². The number of anilines is 2. The number of hydrazone groups is 2. The first-order valence-electron chi connectivity index (χ1n) is 11.0. The van der Waals surface area contributed by atoms with Crippen LogP contribution in [0.2, 0.25) is 0 Å². The molecule has 34 heavy (non-hydrogen) atoms. The molecule has 0 bridgehead atoms. The van der Waals surface area contributed by atoms with Crippen LogP contribution >= 0.6 is 0 Å². The minimum Gasteiger partial charge on any atom is -0.288 e. The molecular formula is C26H23N7O. The molecule has 1 aliphatic rings. The van der Waals surface area contributed by atoms with E-state index in [-0.39, 0.29) is 17.5 Å². The molecule has 1 aromatic heterocycles. The predicted octanol–water partition coefficient (Wildman–Crippen LogP) is 4.28. The zero-order valence-corrected chi connectivity index (χ0v) is 18.6. The summed E-state index contributed by atoms with van der Waals surface area (Å²) in [7, 11) is 0. The van der Waals surface area contributed by atoms with E-state index >= 15 is 0 Å². The van der Waals surface area contributed by atoms with Crippen LogP contribution in [0.15, 0.2) is 99.9 Å².